The predicted molar refractivity (Wildman–Crippen MR) is 72.6 cm³/mol. The molecule has 4 N–H and O–H groups in total. The van der Waals surface area contributed by atoms with Gasteiger partial charge in [-0.1, -0.05) is 25.5 Å². The Balaban J connectivity index is 2.70. The number of hydrogen-bond acceptors (Lipinski definition) is 3. The molecule has 0 saturated carbocycles. The Morgan fingerprint density at radius 3 is 2.70 bits per heavy atom. The number of rotatable bonds is 7. The van der Waals surface area contributed by atoms with E-state index in [9.17, 15) is 14.0 Å². The van der Waals surface area contributed by atoms with Gasteiger partial charge in [0.15, 0.2) is 0 Å². The van der Waals surface area contributed by atoms with Gasteiger partial charge in [0.1, 0.15) is 11.9 Å². The zero-order chi connectivity index (χ0) is 15.1. The monoisotopic (exact) mass is 282 g/mol. The van der Waals surface area contributed by atoms with Crippen molar-refractivity contribution in [1.29, 1.82) is 0 Å². The number of nitrogens with two attached hydrogens (primary N) is 1. The zero-order valence-electron chi connectivity index (χ0n) is 11.3. The number of carboxylic acids is 1. The van der Waals surface area contributed by atoms with E-state index in [1.165, 1.54) is 18.2 Å². The summed E-state index contributed by atoms with van der Waals surface area (Å²) in [5.74, 6) is -2.12. The molecule has 5 nitrogen and oxygen atoms in total. The van der Waals surface area contributed by atoms with Crippen LogP contribution in [0.25, 0.3) is 0 Å². The molecule has 0 aliphatic heterocycles. The molecule has 1 aromatic carbocycles. The molecule has 1 rings (SSSR count). The van der Waals surface area contributed by atoms with E-state index >= 15 is 0 Å². The van der Waals surface area contributed by atoms with E-state index in [-0.39, 0.29) is 6.42 Å². The van der Waals surface area contributed by atoms with Crippen molar-refractivity contribution in [3.8, 4) is 0 Å². The van der Waals surface area contributed by atoms with Crippen LogP contribution in [0.3, 0.4) is 0 Å². The van der Waals surface area contributed by atoms with E-state index in [0.717, 1.165) is 6.42 Å². The number of aliphatic carboxylic acids is 1. The third-order valence-electron chi connectivity index (χ3n) is 2.88. The summed E-state index contributed by atoms with van der Waals surface area (Å²) in [4.78, 5) is 22.9. The molecule has 0 aliphatic rings. The summed E-state index contributed by atoms with van der Waals surface area (Å²) in [7, 11) is 0. The van der Waals surface area contributed by atoms with Gasteiger partial charge in [-0.15, -0.1) is 0 Å². The van der Waals surface area contributed by atoms with E-state index in [1.54, 1.807) is 6.07 Å². The number of carboxylic acid groups (broad SMARTS) is 1. The molecule has 1 amide bonds. The smallest absolute Gasteiger partial charge is 0.326 e. The SMILES string of the molecule is CCCC(N)C(=O)NC(Cc1cccc(F)c1)C(=O)O. The predicted octanol–water partition coefficient (Wildman–Crippen LogP) is 1.06. The van der Waals surface area contributed by atoms with E-state index in [1.807, 2.05) is 6.92 Å². The van der Waals surface area contributed by atoms with Crippen molar-refractivity contribution in [2.24, 2.45) is 5.73 Å². The van der Waals surface area contributed by atoms with Gasteiger partial charge in [-0.2, -0.15) is 0 Å². The molecule has 0 aromatic heterocycles. The normalized spacial score (nSPS) is 13.6. The van der Waals surface area contributed by atoms with Crippen molar-refractivity contribution < 1.29 is 19.1 Å². The molecule has 1 aromatic rings. The molecular formula is C14H19FN2O3. The highest BCUT2D eigenvalue weighted by atomic mass is 19.1. The Labute approximate surface area is 117 Å². The number of carbonyl (C=O) groups excluding carboxylic acids is 1. The van der Waals surface area contributed by atoms with Crippen molar-refractivity contribution in [3.05, 3.63) is 35.6 Å². The topological polar surface area (TPSA) is 92.4 Å². The summed E-state index contributed by atoms with van der Waals surface area (Å²) in [5.41, 5.74) is 6.13. The summed E-state index contributed by atoms with van der Waals surface area (Å²) in [6.07, 6.45) is 1.23. The van der Waals surface area contributed by atoms with E-state index < -0.39 is 29.8 Å². The Bertz CT molecular complexity index is 479. The Morgan fingerprint density at radius 1 is 1.45 bits per heavy atom. The molecule has 0 radical (unpaired) electrons. The van der Waals surface area contributed by atoms with Crippen LogP contribution in [0.5, 0.6) is 0 Å². The second-order valence-corrected chi connectivity index (χ2v) is 4.63. The lowest BCUT2D eigenvalue weighted by Crippen LogP contribution is -2.49. The fourth-order valence-electron chi connectivity index (χ4n) is 1.82. The van der Waals surface area contributed by atoms with E-state index in [0.29, 0.717) is 12.0 Å². The number of nitrogens with one attached hydrogen (secondary N) is 1. The molecule has 0 heterocycles. The molecule has 2 unspecified atom stereocenters. The van der Waals surface area contributed by atoms with Crippen molar-refractivity contribution >= 4 is 11.9 Å². The van der Waals surface area contributed by atoms with Gasteiger partial charge in [0.05, 0.1) is 6.04 Å². The van der Waals surface area contributed by atoms with Gasteiger partial charge in [-0.25, -0.2) is 9.18 Å². The summed E-state index contributed by atoms with van der Waals surface area (Å²) in [6, 6.07) is 3.77. The number of halogens is 1. The third-order valence-corrected chi connectivity index (χ3v) is 2.88. The van der Waals surface area contributed by atoms with Gasteiger partial charge in [0.25, 0.3) is 0 Å². The second-order valence-electron chi connectivity index (χ2n) is 4.63. The minimum absolute atomic E-state index is 0.0116. The molecule has 6 heteroatoms. The summed E-state index contributed by atoms with van der Waals surface area (Å²) < 4.78 is 13.1. The quantitative estimate of drug-likeness (QED) is 0.697. The van der Waals surface area contributed by atoms with E-state index in [4.69, 9.17) is 10.8 Å². The average molecular weight is 282 g/mol. The number of carbonyl (C=O) groups is 2. The molecule has 0 spiro atoms. The standard InChI is InChI=1S/C14H19FN2O3/c1-2-4-11(16)13(18)17-12(14(19)20)8-9-5-3-6-10(15)7-9/h3,5-7,11-12H,2,4,8,16H2,1H3,(H,17,18)(H,19,20). The molecule has 20 heavy (non-hydrogen) atoms. The van der Waals surface area contributed by atoms with Gasteiger partial charge in [0, 0.05) is 6.42 Å². The molecule has 110 valence electrons. The Kier molecular flexibility index (Phi) is 6.11. The maximum atomic E-state index is 13.1. The first-order valence-corrected chi connectivity index (χ1v) is 6.47. The lowest BCUT2D eigenvalue weighted by molar-refractivity contribution is -0.142. The molecular weight excluding hydrogens is 263 g/mol. The van der Waals surface area contributed by atoms with Crippen LogP contribution in [0.15, 0.2) is 24.3 Å². The van der Waals surface area contributed by atoms with Crippen LogP contribution < -0.4 is 11.1 Å². The van der Waals surface area contributed by atoms with Gasteiger partial charge in [-0.3, -0.25) is 4.79 Å². The van der Waals surface area contributed by atoms with Crippen LogP contribution in [0.4, 0.5) is 4.39 Å². The van der Waals surface area contributed by atoms with Crippen LogP contribution >= 0.6 is 0 Å². The van der Waals surface area contributed by atoms with Gasteiger partial charge in [-0.05, 0) is 24.1 Å². The largest absolute Gasteiger partial charge is 0.480 e. The minimum Gasteiger partial charge on any atom is -0.480 e. The summed E-state index contributed by atoms with van der Waals surface area (Å²) in [6.45, 7) is 1.88. The highest BCUT2D eigenvalue weighted by molar-refractivity contribution is 5.86. The fraction of sp³-hybridized carbons (Fsp3) is 0.429. The van der Waals surface area contributed by atoms with Gasteiger partial charge >= 0.3 is 5.97 Å². The fourth-order valence-corrected chi connectivity index (χ4v) is 1.82. The first-order chi connectivity index (χ1) is 9.43. The van der Waals surface area contributed by atoms with Gasteiger partial charge < -0.3 is 16.2 Å². The lowest BCUT2D eigenvalue weighted by Gasteiger charge is -2.17. The Morgan fingerprint density at radius 2 is 2.15 bits per heavy atom. The van der Waals surface area contributed by atoms with Crippen LogP contribution in [0.2, 0.25) is 0 Å². The van der Waals surface area contributed by atoms with Crippen LogP contribution in [0, 0.1) is 5.82 Å². The molecule has 2 atom stereocenters. The maximum Gasteiger partial charge on any atom is 0.326 e. The zero-order valence-corrected chi connectivity index (χ0v) is 11.3. The third kappa shape index (κ3) is 4.97. The molecule has 0 aliphatic carbocycles. The lowest BCUT2D eigenvalue weighted by atomic mass is 10.0. The van der Waals surface area contributed by atoms with Crippen LogP contribution in [-0.2, 0) is 16.0 Å². The summed E-state index contributed by atoms with van der Waals surface area (Å²) in [5, 5.41) is 11.5. The maximum absolute atomic E-state index is 13.1. The van der Waals surface area contributed by atoms with Crippen molar-refractivity contribution in [2.75, 3.05) is 0 Å². The molecule has 0 bridgehead atoms. The number of benzene rings is 1. The number of hydrogen-bond donors (Lipinski definition) is 3. The van der Waals surface area contributed by atoms with Gasteiger partial charge in [0.2, 0.25) is 5.91 Å². The summed E-state index contributed by atoms with van der Waals surface area (Å²) >= 11 is 0. The number of amides is 1. The van der Waals surface area contributed by atoms with Crippen molar-refractivity contribution in [3.63, 3.8) is 0 Å². The van der Waals surface area contributed by atoms with Crippen molar-refractivity contribution in [2.45, 2.75) is 38.3 Å². The first kappa shape index (κ1) is 16.1. The first-order valence-electron chi connectivity index (χ1n) is 6.47. The second kappa shape index (κ2) is 7.59. The Hall–Kier alpha value is -1.95. The van der Waals surface area contributed by atoms with Crippen LogP contribution in [-0.4, -0.2) is 29.1 Å². The average Bonchev–Trinajstić information content (AvgIpc) is 2.38. The van der Waals surface area contributed by atoms with Crippen LogP contribution in [0.1, 0.15) is 25.3 Å². The minimum atomic E-state index is -1.17. The van der Waals surface area contributed by atoms with Crippen molar-refractivity contribution in [1.82, 2.24) is 5.32 Å². The molecule has 0 fully saturated rings. The molecule has 0 saturated heterocycles. The van der Waals surface area contributed by atoms with E-state index in [2.05, 4.69) is 5.32 Å². The highest BCUT2D eigenvalue weighted by Crippen LogP contribution is 2.07. The highest BCUT2D eigenvalue weighted by Gasteiger charge is 2.23.